The Morgan fingerprint density at radius 1 is 1.40 bits per heavy atom. The summed E-state index contributed by atoms with van der Waals surface area (Å²) < 4.78 is 4.12. The second-order valence-corrected chi connectivity index (χ2v) is 6.80. The van der Waals surface area contributed by atoms with E-state index in [0.717, 1.165) is 36.2 Å². The van der Waals surface area contributed by atoms with Crippen molar-refractivity contribution in [3.63, 3.8) is 0 Å². The number of anilines is 1. The Balaban J connectivity index is 1.63. The van der Waals surface area contributed by atoms with Crippen molar-refractivity contribution in [2.45, 2.75) is 51.7 Å². The van der Waals surface area contributed by atoms with Crippen LogP contribution in [0.25, 0.3) is 0 Å². The molecule has 1 aromatic rings. The minimum absolute atomic E-state index is 0.616. The number of piperazine rings is 1. The second-order valence-electron chi connectivity index (χ2n) is 6.04. The zero-order valence-electron chi connectivity index (χ0n) is 12.5. The molecular formula is C14H25N5S. The molecule has 3 rings (SSSR count). The lowest BCUT2D eigenvalue weighted by atomic mass is 10.1. The smallest absolute Gasteiger partial charge is 0.134 e. The van der Waals surface area contributed by atoms with Crippen molar-refractivity contribution >= 4 is 16.5 Å². The van der Waals surface area contributed by atoms with E-state index in [2.05, 4.69) is 38.6 Å². The molecule has 0 bridgehead atoms. The van der Waals surface area contributed by atoms with E-state index in [-0.39, 0.29) is 0 Å². The summed E-state index contributed by atoms with van der Waals surface area (Å²) in [5.41, 5.74) is 1.13. The van der Waals surface area contributed by atoms with Gasteiger partial charge in [-0.05, 0) is 32.7 Å². The fraction of sp³-hybridized carbons (Fsp3) is 0.857. The van der Waals surface area contributed by atoms with Crippen LogP contribution in [0.15, 0.2) is 0 Å². The summed E-state index contributed by atoms with van der Waals surface area (Å²) in [5, 5.41) is 8.94. The maximum absolute atomic E-state index is 4.33. The number of hydrogen-bond donors (Lipinski definition) is 1. The summed E-state index contributed by atoms with van der Waals surface area (Å²) in [7, 11) is 0. The molecule has 5 nitrogen and oxygen atoms in total. The van der Waals surface area contributed by atoms with Gasteiger partial charge in [-0.25, -0.2) is 0 Å². The van der Waals surface area contributed by atoms with E-state index in [1.807, 2.05) is 0 Å². The zero-order chi connectivity index (χ0) is 13.9. The third kappa shape index (κ3) is 2.97. The van der Waals surface area contributed by atoms with Gasteiger partial charge in [-0.2, -0.15) is 0 Å². The van der Waals surface area contributed by atoms with Gasteiger partial charge in [0.1, 0.15) is 10.7 Å². The molecule has 1 N–H and O–H groups in total. The highest BCUT2D eigenvalue weighted by Gasteiger charge is 2.34. The first kappa shape index (κ1) is 14.2. The number of fused-ring (bicyclic) bond motifs is 1. The molecular weight excluding hydrogens is 270 g/mol. The number of nitrogens with one attached hydrogen (secondary N) is 1. The SMILES string of the molecule is CCCNc1snnc1CN1CC2CCCN2CC1C. The summed E-state index contributed by atoms with van der Waals surface area (Å²) in [6.07, 6.45) is 3.86. The van der Waals surface area contributed by atoms with Crippen molar-refractivity contribution in [2.75, 3.05) is 31.5 Å². The van der Waals surface area contributed by atoms with E-state index >= 15 is 0 Å². The number of hydrogen-bond acceptors (Lipinski definition) is 6. The largest absolute Gasteiger partial charge is 0.374 e. The van der Waals surface area contributed by atoms with Crippen LogP contribution in [0.2, 0.25) is 0 Å². The van der Waals surface area contributed by atoms with E-state index in [1.54, 1.807) is 0 Å². The number of rotatable bonds is 5. The molecule has 1 aromatic heterocycles. The van der Waals surface area contributed by atoms with Crippen molar-refractivity contribution in [3.05, 3.63) is 5.69 Å². The van der Waals surface area contributed by atoms with Gasteiger partial charge in [-0.15, -0.1) is 5.10 Å². The highest BCUT2D eigenvalue weighted by molar-refractivity contribution is 7.10. The maximum atomic E-state index is 4.33. The summed E-state index contributed by atoms with van der Waals surface area (Å²) in [6, 6.07) is 1.38. The van der Waals surface area contributed by atoms with Crippen molar-refractivity contribution in [3.8, 4) is 0 Å². The van der Waals surface area contributed by atoms with Gasteiger partial charge in [-0.3, -0.25) is 9.80 Å². The summed E-state index contributed by atoms with van der Waals surface area (Å²) in [5.74, 6) is 0. The van der Waals surface area contributed by atoms with Gasteiger partial charge in [0.05, 0.1) is 0 Å². The Bertz CT molecular complexity index is 435. The van der Waals surface area contributed by atoms with E-state index in [1.165, 1.54) is 44.0 Å². The first-order valence-electron chi connectivity index (χ1n) is 7.81. The summed E-state index contributed by atoms with van der Waals surface area (Å²) in [4.78, 5) is 5.25. The van der Waals surface area contributed by atoms with Crippen molar-refractivity contribution in [1.29, 1.82) is 0 Å². The average Bonchev–Trinajstić information content (AvgIpc) is 3.06. The van der Waals surface area contributed by atoms with Crippen LogP contribution in [-0.4, -0.2) is 57.6 Å². The van der Waals surface area contributed by atoms with Gasteiger partial charge < -0.3 is 5.32 Å². The fourth-order valence-electron chi connectivity index (χ4n) is 3.35. The van der Waals surface area contributed by atoms with Crippen LogP contribution in [0.3, 0.4) is 0 Å². The zero-order valence-corrected chi connectivity index (χ0v) is 13.3. The van der Waals surface area contributed by atoms with E-state index < -0.39 is 0 Å². The van der Waals surface area contributed by atoms with Crippen molar-refractivity contribution in [2.24, 2.45) is 0 Å². The Kier molecular flexibility index (Phi) is 4.53. The fourth-order valence-corrected chi connectivity index (χ4v) is 3.94. The van der Waals surface area contributed by atoms with Gasteiger partial charge in [0, 0.05) is 49.8 Å². The van der Waals surface area contributed by atoms with Gasteiger partial charge in [0.25, 0.3) is 0 Å². The third-order valence-corrected chi connectivity index (χ3v) is 5.24. The van der Waals surface area contributed by atoms with Gasteiger partial charge in [0.2, 0.25) is 0 Å². The van der Waals surface area contributed by atoms with Crippen LogP contribution in [0.1, 0.15) is 38.8 Å². The predicted octanol–water partition coefficient (Wildman–Crippen LogP) is 2.03. The number of nitrogens with zero attached hydrogens (tertiary/aromatic N) is 4. The molecule has 0 saturated carbocycles. The standard InChI is InChI=1S/C14H25N5S/c1-3-6-15-14-13(16-17-20-14)10-19-9-12-5-4-7-18(12)8-11(19)2/h11-12,15H,3-10H2,1-2H3. The predicted molar refractivity (Wildman–Crippen MR) is 83.2 cm³/mol. The molecule has 2 aliphatic rings. The van der Waals surface area contributed by atoms with E-state index in [0.29, 0.717) is 6.04 Å². The quantitative estimate of drug-likeness (QED) is 0.900. The Morgan fingerprint density at radius 2 is 2.30 bits per heavy atom. The molecule has 0 amide bonds. The van der Waals surface area contributed by atoms with Gasteiger partial charge in [0.15, 0.2) is 0 Å². The van der Waals surface area contributed by atoms with Gasteiger partial charge >= 0.3 is 0 Å². The second kappa shape index (κ2) is 6.37. The molecule has 20 heavy (non-hydrogen) atoms. The maximum Gasteiger partial charge on any atom is 0.134 e. The topological polar surface area (TPSA) is 44.3 Å². The minimum Gasteiger partial charge on any atom is -0.374 e. The summed E-state index contributed by atoms with van der Waals surface area (Å²) in [6.45, 7) is 10.2. The normalized spacial score (nSPS) is 27.7. The van der Waals surface area contributed by atoms with Crippen LogP contribution in [0, 0.1) is 0 Å². The van der Waals surface area contributed by atoms with E-state index in [9.17, 15) is 0 Å². The highest BCUT2D eigenvalue weighted by Crippen LogP contribution is 2.27. The first-order valence-corrected chi connectivity index (χ1v) is 8.58. The van der Waals surface area contributed by atoms with Gasteiger partial charge in [-0.1, -0.05) is 11.4 Å². The molecule has 2 atom stereocenters. The van der Waals surface area contributed by atoms with Crippen molar-refractivity contribution in [1.82, 2.24) is 19.4 Å². The molecule has 0 aromatic carbocycles. The minimum atomic E-state index is 0.616. The van der Waals surface area contributed by atoms with E-state index in [4.69, 9.17) is 0 Å². The molecule has 2 fully saturated rings. The molecule has 6 heteroatoms. The lowest BCUT2D eigenvalue weighted by molar-refractivity contribution is 0.0533. The Labute approximate surface area is 125 Å². The molecule has 0 spiro atoms. The molecule has 2 unspecified atom stereocenters. The van der Waals surface area contributed by atoms with Crippen LogP contribution in [0.5, 0.6) is 0 Å². The average molecular weight is 295 g/mol. The van der Waals surface area contributed by atoms with Crippen LogP contribution in [0.4, 0.5) is 5.00 Å². The Hall–Kier alpha value is -0.720. The molecule has 112 valence electrons. The lowest BCUT2D eigenvalue weighted by Gasteiger charge is -2.42. The molecule has 0 aliphatic carbocycles. The van der Waals surface area contributed by atoms with Crippen LogP contribution >= 0.6 is 11.5 Å². The molecule has 2 aliphatic heterocycles. The monoisotopic (exact) mass is 295 g/mol. The first-order chi connectivity index (χ1) is 9.78. The third-order valence-electron chi connectivity index (χ3n) is 4.51. The highest BCUT2D eigenvalue weighted by atomic mass is 32.1. The molecule has 0 radical (unpaired) electrons. The van der Waals surface area contributed by atoms with Crippen LogP contribution in [-0.2, 0) is 6.54 Å². The number of aromatic nitrogens is 2. The van der Waals surface area contributed by atoms with Crippen molar-refractivity contribution < 1.29 is 0 Å². The van der Waals surface area contributed by atoms with Crippen LogP contribution < -0.4 is 5.32 Å². The summed E-state index contributed by atoms with van der Waals surface area (Å²) >= 11 is 1.49. The molecule has 3 heterocycles. The Morgan fingerprint density at radius 3 is 3.15 bits per heavy atom. The lowest BCUT2D eigenvalue weighted by Crippen LogP contribution is -2.54. The molecule has 2 saturated heterocycles.